The third-order valence-electron chi connectivity index (χ3n) is 15.9. The van der Waals surface area contributed by atoms with E-state index in [0.717, 1.165) is 0 Å². The van der Waals surface area contributed by atoms with E-state index in [0.29, 0.717) is 0 Å². The van der Waals surface area contributed by atoms with E-state index in [1.54, 1.807) is 0 Å². The topological polar surface area (TPSA) is 92.2 Å². The minimum absolute atomic E-state index is 1.37. The molecule has 0 atom stereocenters. The summed E-state index contributed by atoms with van der Waals surface area (Å²) in [7, 11) is -4.94. The van der Waals surface area contributed by atoms with Gasteiger partial charge in [-0.05, 0) is 51.4 Å². The summed E-state index contributed by atoms with van der Waals surface area (Å²) in [6.07, 6.45) is 82.7. The van der Waals surface area contributed by atoms with E-state index in [-0.39, 0.29) is 0 Å². The second kappa shape index (κ2) is 61.6. The summed E-state index contributed by atoms with van der Waals surface area (Å²) in [5.41, 5.74) is 0. The van der Waals surface area contributed by atoms with Gasteiger partial charge < -0.3 is 4.48 Å². The molecule has 0 aromatic carbocycles. The molecule has 70 heavy (non-hydrogen) atoms. The monoisotopic (exact) mass is 1010 g/mol. The van der Waals surface area contributed by atoms with E-state index in [4.69, 9.17) is 18.6 Å². The summed E-state index contributed by atoms with van der Waals surface area (Å²) >= 11 is 0. The molecule has 0 aliphatic carbocycles. The predicted molar refractivity (Wildman–Crippen MR) is 301 cm³/mol. The van der Waals surface area contributed by atoms with Crippen molar-refractivity contribution in [1.29, 1.82) is 0 Å². The van der Waals surface area contributed by atoms with Crippen LogP contribution < -0.4 is 18.6 Å². The lowest BCUT2D eigenvalue weighted by Gasteiger charge is -2.40. The fourth-order valence-corrected chi connectivity index (χ4v) is 11.2. The van der Waals surface area contributed by atoms with E-state index < -0.39 is 10.2 Å². The quantitative estimate of drug-likeness (QED) is 0.0448. The highest BCUT2D eigenvalue weighted by molar-refractivity contribution is 4.58. The minimum Gasteiger partial charge on any atom is -0.324 e. The molecule has 0 heterocycles. The summed E-state index contributed by atoms with van der Waals surface area (Å²) in [6, 6.07) is 0. The van der Waals surface area contributed by atoms with Gasteiger partial charge in [-0.3, -0.25) is 0 Å². The molecule has 0 unspecified atom stereocenters. The van der Waals surface area contributed by atoms with Crippen LogP contribution in [0.2, 0.25) is 0 Å². The first-order valence-electron chi connectivity index (χ1n) is 32.7. The number of unbranched alkanes of at least 4 members (excludes halogenated alkanes) is 52. The fourth-order valence-electron chi connectivity index (χ4n) is 11.2. The molecule has 0 aliphatic rings. The van der Waals surface area contributed by atoms with Crippen molar-refractivity contribution in [3.05, 3.63) is 0 Å². The Morgan fingerprint density at radius 2 is 0.257 bits per heavy atom. The molecule has 0 aromatic rings. The van der Waals surface area contributed by atoms with Gasteiger partial charge in [0, 0.05) is 0 Å². The highest BCUT2D eigenvalue weighted by Gasteiger charge is 2.26. The van der Waals surface area contributed by atoms with Crippen LogP contribution in [0.15, 0.2) is 0 Å². The SMILES string of the molecule is CCCCCCCCCCCCCCCC[N+](CCCCCCCCCCCCCCCC)(CCCCCCCCCCCCCCCC)CCCCCCCCCCCCCCCC.[O-][Cl+3]([O-])([O-])[O-]. The summed E-state index contributed by atoms with van der Waals surface area (Å²) in [6.45, 7) is 15.3. The maximum absolute atomic E-state index is 8.49. The van der Waals surface area contributed by atoms with Crippen LogP contribution in [0.1, 0.15) is 387 Å². The number of halogens is 1. The van der Waals surface area contributed by atoms with E-state index in [2.05, 4.69) is 27.7 Å². The summed E-state index contributed by atoms with van der Waals surface area (Å²) in [5.74, 6) is 0. The average Bonchev–Trinajstić information content (AvgIpc) is 3.33. The zero-order valence-corrected chi connectivity index (χ0v) is 49.6. The van der Waals surface area contributed by atoms with Gasteiger partial charge >= 0.3 is 0 Å². The molecule has 0 fully saturated rings. The molecule has 0 bridgehead atoms. The van der Waals surface area contributed by atoms with Crippen molar-refractivity contribution < 1.29 is 33.4 Å². The van der Waals surface area contributed by atoms with Crippen molar-refractivity contribution >= 4 is 0 Å². The predicted octanol–water partition coefficient (Wildman–Crippen LogP) is 19.0. The number of nitrogens with zero attached hydrogens (tertiary/aromatic N) is 1. The van der Waals surface area contributed by atoms with Gasteiger partial charge in [0.1, 0.15) is 0 Å². The van der Waals surface area contributed by atoms with Gasteiger partial charge in [0.05, 0.1) is 26.2 Å². The molecule has 0 rings (SSSR count). The molecule has 0 saturated heterocycles. The Kier molecular flexibility index (Phi) is 63.5. The van der Waals surface area contributed by atoms with Crippen LogP contribution in [0.25, 0.3) is 0 Å². The Morgan fingerprint density at radius 1 is 0.171 bits per heavy atom. The molecule has 0 aromatic heterocycles. The van der Waals surface area contributed by atoms with Gasteiger partial charge in [-0.2, -0.15) is 0 Å². The van der Waals surface area contributed by atoms with Gasteiger partial charge in [-0.25, -0.2) is 18.6 Å². The second-order valence-corrected chi connectivity index (χ2v) is 23.8. The van der Waals surface area contributed by atoms with Gasteiger partial charge in [-0.1, -0.05) is 336 Å². The van der Waals surface area contributed by atoms with Crippen molar-refractivity contribution in [1.82, 2.24) is 0 Å². The summed E-state index contributed by atoms with van der Waals surface area (Å²) in [4.78, 5) is 0. The van der Waals surface area contributed by atoms with Crippen LogP contribution in [-0.2, 0) is 0 Å². The van der Waals surface area contributed by atoms with Crippen LogP contribution in [0.4, 0.5) is 0 Å². The Morgan fingerprint density at radius 3 is 0.357 bits per heavy atom. The Labute approximate surface area is 444 Å². The Balaban J connectivity index is 0. The standard InChI is InChI=1S/C64H132N.ClHO4/c1-5-9-13-17-21-25-29-33-37-41-45-49-53-57-61-65(62-58-54-50-46-42-38-34-30-26-22-18-14-10-6-2,63-59-55-51-47-43-39-35-31-27-23-19-15-11-7-3)64-60-56-52-48-44-40-36-32-28-24-20-16-12-8-4;2-1(3,4)5/h5-64H2,1-4H3;(H,2,3,4,5)/q+1;/p-1. The minimum atomic E-state index is -4.94. The largest absolute Gasteiger partial charge is 0.324 e. The van der Waals surface area contributed by atoms with Crippen molar-refractivity contribution in [2.45, 2.75) is 387 Å². The average molecular weight is 1020 g/mol. The molecule has 5 nitrogen and oxygen atoms in total. The normalized spacial score (nSPS) is 12.0. The second-order valence-electron chi connectivity index (χ2n) is 23.0. The highest BCUT2D eigenvalue weighted by atomic mass is 35.7. The van der Waals surface area contributed by atoms with Crippen LogP contribution in [-0.4, -0.2) is 30.7 Å². The molecule has 0 spiro atoms. The lowest BCUT2D eigenvalue weighted by Crippen LogP contribution is -2.68. The zero-order valence-electron chi connectivity index (χ0n) is 48.9. The first kappa shape index (κ1) is 72.2. The number of hydrogen-bond acceptors (Lipinski definition) is 4. The van der Waals surface area contributed by atoms with Crippen LogP contribution in [0.3, 0.4) is 0 Å². The fraction of sp³-hybridized carbons (Fsp3) is 1.00. The van der Waals surface area contributed by atoms with E-state index in [1.807, 2.05) is 0 Å². The molecule has 0 radical (unpaired) electrons. The van der Waals surface area contributed by atoms with E-state index >= 15 is 0 Å². The lowest BCUT2D eigenvalue weighted by atomic mass is 10.0. The van der Waals surface area contributed by atoms with Crippen molar-refractivity contribution in [2.24, 2.45) is 0 Å². The molecule has 0 N–H and O–H groups in total. The van der Waals surface area contributed by atoms with E-state index in [9.17, 15) is 0 Å². The van der Waals surface area contributed by atoms with Crippen molar-refractivity contribution in [2.75, 3.05) is 26.2 Å². The van der Waals surface area contributed by atoms with Gasteiger partial charge in [0.25, 0.3) is 0 Å². The molecule has 0 saturated carbocycles. The van der Waals surface area contributed by atoms with E-state index in [1.165, 1.54) is 390 Å². The third-order valence-corrected chi connectivity index (χ3v) is 15.9. The van der Waals surface area contributed by atoms with Crippen LogP contribution >= 0.6 is 0 Å². The molecular weight excluding hydrogens is 882 g/mol. The van der Waals surface area contributed by atoms with Crippen molar-refractivity contribution in [3.8, 4) is 0 Å². The lowest BCUT2D eigenvalue weighted by molar-refractivity contribution is -2.00. The van der Waals surface area contributed by atoms with Crippen molar-refractivity contribution in [3.63, 3.8) is 0 Å². The molecule has 0 amide bonds. The first-order valence-corrected chi connectivity index (χ1v) is 33.9. The number of hydrogen-bond donors (Lipinski definition) is 0. The van der Waals surface area contributed by atoms with Gasteiger partial charge in [0.15, 0.2) is 0 Å². The van der Waals surface area contributed by atoms with Gasteiger partial charge in [0.2, 0.25) is 0 Å². The third kappa shape index (κ3) is 66.1. The smallest absolute Gasteiger partial charge is 0.0786 e. The number of rotatable bonds is 60. The van der Waals surface area contributed by atoms with Crippen LogP contribution in [0.5, 0.6) is 0 Å². The highest BCUT2D eigenvalue weighted by Crippen LogP contribution is 2.23. The maximum atomic E-state index is 8.49. The summed E-state index contributed by atoms with van der Waals surface area (Å²) in [5, 5.41) is 0. The Bertz CT molecular complexity index is 774. The molecule has 424 valence electrons. The number of quaternary nitrogens is 1. The maximum Gasteiger partial charge on any atom is 0.0786 e. The summed E-state index contributed by atoms with van der Waals surface area (Å²) < 4.78 is 35.5. The molecule has 6 heteroatoms. The zero-order chi connectivity index (χ0) is 51.4. The Hall–Kier alpha value is 0.0900. The van der Waals surface area contributed by atoms with Crippen LogP contribution in [0, 0.1) is 10.2 Å². The van der Waals surface area contributed by atoms with Gasteiger partial charge in [-0.15, -0.1) is 10.2 Å². The first-order chi connectivity index (χ1) is 34.2. The molecule has 0 aliphatic heterocycles. The molecular formula is C64H132ClNO4.